The van der Waals surface area contributed by atoms with E-state index in [4.69, 9.17) is 4.74 Å². The average molecular weight is 262 g/mol. The fraction of sp³-hybridized carbons (Fsp3) is 0.0556. The molecule has 0 spiro atoms. The lowest BCUT2D eigenvalue weighted by Crippen LogP contribution is -2.09. The molecule has 0 amide bonds. The van der Waals surface area contributed by atoms with Crippen LogP contribution in [0.2, 0.25) is 0 Å². The third-order valence-electron chi connectivity index (χ3n) is 3.36. The number of ether oxygens (including phenoxy) is 1. The van der Waals surface area contributed by atoms with Crippen LogP contribution in [0.25, 0.3) is 10.8 Å². The Morgan fingerprint density at radius 2 is 1.55 bits per heavy atom. The maximum absolute atomic E-state index is 12.1. The molecule has 0 heterocycles. The summed E-state index contributed by atoms with van der Waals surface area (Å²) >= 11 is 0. The maximum atomic E-state index is 12.1. The van der Waals surface area contributed by atoms with Gasteiger partial charge in [-0.1, -0.05) is 48.5 Å². The van der Waals surface area contributed by atoms with Crippen molar-refractivity contribution in [2.75, 3.05) is 0 Å². The summed E-state index contributed by atoms with van der Waals surface area (Å²) in [5.74, 6) is 0.279. The lowest BCUT2D eigenvalue weighted by Gasteiger charge is -2.10. The summed E-state index contributed by atoms with van der Waals surface area (Å²) < 4.78 is 5.50. The summed E-state index contributed by atoms with van der Waals surface area (Å²) in [5.41, 5.74) is 1.53. The minimum atomic E-state index is -0.330. The number of benzene rings is 3. The van der Waals surface area contributed by atoms with Gasteiger partial charge in [-0.3, -0.25) is 0 Å². The van der Waals surface area contributed by atoms with Gasteiger partial charge in [-0.15, -0.1) is 0 Å². The standard InChI is InChI=1S/C18H14O2/c1-13-16-10-6-5-7-14(16)11-12-17(13)20-18(19)15-8-3-2-4-9-15/h2-12H,1H3. The molecule has 0 bridgehead atoms. The zero-order valence-corrected chi connectivity index (χ0v) is 11.2. The van der Waals surface area contributed by atoms with E-state index < -0.39 is 0 Å². The third kappa shape index (κ3) is 2.28. The van der Waals surface area contributed by atoms with Crippen LogP contribution < -0.4 is 4.74 Å². The fourth-order valence-corrected chi connectivity index (χ4v) is 2.25. The van der Waals surface area contributed by atoms with Crippen LogP contribution in [-0.2, 0) is 0 Å². The highest BCUT2D eigenvalue weighted by molar-refractivity contribution is 5.93. The van der Waals surface area contributed by atoms with Crippen molar-refractivity contribution in [1.82, 2.24) is 0 Å². The first-order valence-electron chi connectivity index (χ1n) is 6.51. The Balaban J connectivity index is 1.95. The highest BCUT2D eigenvalue weighted by atomic mass is 16.5. The minimum absolute atomic E-state index is 0.330. The molecule has 0 aliphatic rings. The number of esters is 1. The van der Waals surface area contributed by atoms with Crippen molar-refractivity contribution >= 4 is 16.7 Å². The van der Waals surface area contributed by atoms with Gasteiger partial charge in [0.2, 0.25) is 0 Å². The quantitative estimate of drug-likeness (QED) is 0.506. The SMILES string of the molecule is Cc1c(OC(=O)c2ccccc2)ccc2ccccc12. The summed E-state index contributed by atoms with van der Waals surface area (Å²) in [6.45, 7) is 1.97. The van der Waals surface area contributed by atoms with E-state index >= 15 is 0 Å². The summed E-state index contributed by atoms with van der Waals surface area (Å²) in [4.78, 5) is 12.1. The Labute approximate surface area is 117 Å². The predicted molar refractivity (Wildman–Crippen MR) is 80.1 cm³/mol. The highest BCUT2D eigenvalue weighted by Gasteiger charge is 2.11. The van der Waals surface area contributed by atoms with Crippen LogP contribution in [0.5, 0.6) is 5.75 Å². The Bertz CT molecular complexity index is 761. The molecular formula is C18H14O2. The number of carbonyl (C=O) groups is 1. The molecule has 0 unspecified atom stereocenters. The number of fused-ring (bicyclic) bond motifs is 1. The van der Waals surface area contributed by atoms with Gasteiger partial charge in [0.15, 0.2) is 0 Å². The lowest BCUT2D eigenvalue weighted by atomic mass is 10.0. The minimum Gasteiger partial charge on any atom is -0.423 e. The molecule has 0 fully saturated rings. The molecule has 0 aliphatic carbocycles. The van der Waals surface area contributed by atoms with E-state index in [1.165, 1.54) is 0 Å². The molecule has 0 saturated heterocycles. The first-order chi connectivity index (χ1) is 9.75. The topological polar surface area (TPSA) is 26.3 Å². The monoisotopic (exact) mass is 262 g/mol. The first-order valence-corrected chi connectivity index (χ1v) is 6.51. The second-order valence-electron chi connectivity index (χ2n) is 4.67. The van der Waals surface area contributed by atoms with Gasteiger partial charge in [0.05, 0.1) is 5.56 Å². The van der Waals surface area contributed by atoms with E-state index in [-0.39, 0.29) is 5.97 Å². The first kappa shape index (κ1) is 12.4. The number of rotatable bonds is 2. The lowest BCUT2D eigenvalue weighted by molar-refractivity contribution is 0.0734. The van der Waals surface area contributed by atoms with Crippen molar-refractivity contribution in [1.29, 1.82) is 0 Å². The summed E-state index contributed by atoms with van der Waals surface area (Å²) in [6.07, 6.45) is 0. The van der Waals surface area contributed by atoms with Crippen molar-refractivity contribution in [3.8, 4) is 5.75 Å². The largest absolute Gasteiger partial charge is 0.423 e. The van der Waals surface area contributed by atoms with E-state index in [9.17, 15) is 4.79 Å². The number of aryl methyl sites for hydroxylation is 1. The van der Waals surface area contributed by atoms with Gasteiger partial charge in [0.1, 0.15) is 5.75 Å². The number of hydrogen-bond acceptors (Lipinski definition) is 2. The van der Waals surface area contributed by atoms with Crippen molar-refractivity contribution in [3.05, 3.63) is 77.9 Å². The van der Waals surface area contributed by atoms with Crippen LogP contribution in [0.4, 0.5) is 0 Å². The smallest absolute Gasteiger partial charge is 0.343 e. The van der Waals surface area contributed by atoms with E-state index in [1.807, 2.05) is 61.5 Å². The van der Waals surface area contributed by atoms with E-state index in [2.05, 4.69) is 0 Å². The molecular weight excluding hydrogens is 248 g/mol. The zero-order chi connectivity index (χ0) is 13.9. The molecule has 3 aromatic rings. The average Bonchev–Trinajstić information content (AvgIpc) is 2.51. The molecule has 98 valence electrons. The van der Waals surface area contributed by atoms with Gasteiger partial charge in [-0.2, -0.15) is 0 Å². The molecule has 0 saturated carbocycles. The van der Waals surface area contributed by atoms with Crippen LogP contribution >= 0.6 is 0 Å². The van der Waals surface area contributed by atoms with Crippen LogP contribution in [0, 0.1) is 6.92 Å². The molecule has 0 aromatic heterocycles. The maximum Gasteiger partial charge on any atom is 0.343 e. The van der Waals surface area contributed by atoms with Crippen LogP contribution in [-0.4, -0.2) is 5.97 Å². The Kier molecular flexibility index (Phi) is 3.21. The Morgan fingerprint density at radius 3 is 2.35 bits per heavy atom. The van der Waals surface area contributed by atoms with Crippen molar-refractivity contribution in [2.24, 2.45) is 0 Å². The van der Waals surface area contributed by atoms with Crippen molar-refractivity contribution in [3.63, 3.8) is 0 Å². The van der Waals surface area contributed by atoms with E-state index in [0.717, 1.165) is 16.3 Å². The summed E-state index contributed by atoms with van der Waals surface area (Å²) in [7, 11) is 0. The van der Waals surface area contributed by atoms with Gasteiger partial charge in [0, 0.05) is 0 Å². The summed E-state index contributed by atoms with van der Waals surface area (Å²) in [5, 5.41) is 2.25. The van der Waals surface area contributed by atoms with Gasteiger partial charge < -0.3 is 4.74 Å². The molecule has 2 nitrogen and oxygen atoms in total. The van der Waals surface area contributed by atoms with Gasteiger partial charge >= 0.3 is 5.97 Å². The Morgan fingerprint density at radius 1 is 0.850 bits per heavy atom. The van der Waals surface area contributed by atoms with Gasteiger partial charge in [0.25, 0.3) is 0 Å². The van der Waals surface area contributed by atoms with E-state index in [0.29, 0.717) is 11.3 Å². The van der Waals surface area contributed by atoms with Crippen LogP contribution in [0.1, 0.15) is 15.9 Å². The Hall–Kier alpha value is -2.61. The number of hydrogen-bond donors (Lipinski definition) is 0. The van der Waals surface area contributed by atoms with Crippen molar-refractivity contribution < 1.29 is 9.53 Å². The molecule has 0 atom stereocenters. The van der Waals surface area contributed by atoms with Crippen molar-refractivity contribution in [2.45, 2.75) is 6.92 Å². The third-order valence-corrected chi connectivity index (χ3v) is 3.36. The van der Waals surface area contributed by atoms with Gasteiger partial charge in [-0.25, -0.2) is 4.79 Å². The fourth-order valence-electron chi connectivity index (χ4n) is 2.25. The molecule has 0 N–H and O–H groups in total. The predicted octanol–water partition coefficient (Wildman–Crippen LogP) is 4.37. The van der Waals surface area contributed by atoms with E-state index in [1.54, 1.807) is 12.1 Å². The second kappa shape index (κ2) is 5.17. The number of carbonyl (C=O) groups excluding carboxylic acids is 1. The molecule has 3 aromatic carbocycles. The molecule has 3 rings (SSSR count). The second-order valence-corrected chi connectivity index (χ2v) is 4.67. The molecule has 0 radical (unpaired) electrons. The summed E-state index contributed by atoms with van der Waals surface area (Å²) in [6, 6.07) is 20.9. The van der Waals surface area contributed by atoms with Gasteiger partial charge in [-0.05, 0) is 41.5 Å². The molecule has 20 heavy (non-hydrogen) atoms. The molecule has 2 heteroatoms. The highest BCUT2D eigenvalue weighted by Crippen LogP contribution is 2.27. The normalized spacial score (nSPS) is 10.4. The molecule has 0 aliphatic heterocycles. The van der Waals surface area contributed by atoms with Crippen LogP contribution in [0.3, 0.4) is 0 Å². The zero-order valence-electron chi connectivity index (χ0n) is 11.2. The van der Waals surface area contributed by atoms with Crippen LogP contribution in [0.15, 0.2) is 66.7 Å².